The van der Waals surface area contributed by atoms with Gasteiger partial charge in [0.25, 0.3) is 0 Å². The van der Waals surface area contributed by atoms with Crippen molar-refractivity contribution in [2.75, 3.05) is 7.05 Å². The number of nitrogens with zero attached hydrogens (tertiary/aromatic N) is 1. The molecule has 0 fully saturated rings. The Morgan fingerprint density at radius 2 is 1.93 bits per heavy atom. The first-order valence-electron chi connectivity index (χ1n) is 5.31. The summed E-state index contributed by atoms with van der Waals surface area (Å²) in [6, 6.07) is 10.4. The summed E-state index contributed by atoms with van der Waals surface area (Å²) in [5, 5.41) is 0. The van der Waals surface area contributed by atoms with E-state index in [1.54, 1.807) is 0 Å². The molecule has 0 aliphatic carbocycles. The fourth-order valence-corrected chi connectivity index (χ4v) is 2.20. The molecule has 0 amide bonds. The van der Waals surface area contributed by atoms with Crippen molar-refractivity contribution in [3.63, 3.8) is 0 Å². The van der Waals surface area contributed by atoms with E-state index >= 15 is 0 Å². The zero-order valence-corrected chi connectivity index (χ0v) is 10.8. The average molecular weight is 217 g/mol. The number of hydrogen-bond acceptors (Lipinski definition) is 1. The van der Waals surface area contributed by atoms with Crippen LogP contribution in [0.5, 0.6) is 0 Å². The van der Waals surface area contributed by atoms with E-state index in [-0.39, 0.29) is 0 Å². The third kappa shape index (κ3) is 4.02. The lowest BCUT2D eigenvalue weighted by Crippen LogP contribution is -2.31. The van der Waals surface area contributed by atoms with Crippen molar-refractivity contribution in [1.82, 2.24) is 4.57 Å². The molecule has 0 N–H and O–H groups in total. The predicted octanol–water partition coefficient (Wildman–Crippen LogP) is 2.79. The molecule has 0 saturated carbocycles. The third-order valence-corrected chi connectivity index (χ3v) is 4.10. The van der Waals surface area contributed by atoms with Crippen LogP contribution in [0, 0.1) is 0 Å². The summed E-state index contributed by atoms with van der Waals surface area (Å²) in [7, 11) is 3.05. The van der Waals surface area contributed by atoms with E-state index in [1.807, 2.05) is 6.08 Å². The topological polar surface area (TPSA) is 3.24 Å². The maximum absolute atomic E-state index is 3.75. The van der Waals surface area contributed by atoms with Crippen LogP contribution < -0.4 is 0 Å². The van der Waals surface area contributed by atoms with Gasteiger partial charge in [0, 0.05) is 0 Å². The normalized spacial score (nSPS) is 11.0. The van der Waals surface area contributed by atoms with Gasteiger partial charge >= 0.3 is 0 Å². The molecule has 0 aliphatic rings. The van der Waals surface area contributed by atoms with E-state index in [1.165, 1.54) is 11.1 Å². The summed E-state index contributed by atoms with van der Waals surface area (Å²) in [5.74, 6) is 0. The molecule has 0 bridgehead atoms. The van der Waals surface area contributed by atoms with Crippen LogP contribution >= 0.6 is 0 Å². The van der Waals surface area contributed by atoms with Crippen molar-refractivity contribution in [3.8, 4) is 0 Å². The predicted molar refractivity (Wildman–Crippen MR) is 68.9 cm³/mol. The summed E-state index contributed by atoms with van der Waals surface area (Å²) in [5.41, 5.74) is 2.60. The molecular weight excluding hydrogens is 198 g/mol. The Morgan fingerprint density at radius 1 is 1.33 bits per heavy atom. The van der Waals surface area contributed by atoms with Crippen molar-refractivity contribution < 1.29 is 0 Å². The molecule has 15 heavy (non-hydrogen) atoms. The second kappa shape index (κ2) is 5.88. The van der Waals surface area contributed by atoms with Gasteiger partial charge in [0.05, 0.1) is 0 Å². The summed E-state index contributed by atoms with van der Waals surface area (Å²) in [4.78, 5) is 0. The quantitative estimate of drug-likeness (QED) is 0.686. The van der Waals surface area contributed by atoms with E-state index in [9.17, 15) is 0 Å². The van der Waals surface area contributed by atoms with Gasteiger partial charge in [-0.25, -0.2) is 0 Å². The third-order valence-electron chi connectivity index (χ3n) is 2.52. The molecule has 0 aromatic heterocycles. The van der Waals surface area contributed by atoms with Gasteiger partial charge in [-0.1, -0.05) is 50.8 Å². The summed E-state index contributed by atoms with van der Waals surface area (Å²) in [6.07, 6.45) is 1.88. The van der Waals surface area contributed by atoms with Crippen molar-refractivity contribution in [1.29, 1.82) is 0 Å². The Bertz CT molecular complexity index is 303. The highest BCUT2D eigenvalue weighted by atomic mass is 28.2. The number of benzene rings is 1. The van der Waals surface area contributed by atoms with Crippen LogP contribution in [0.3, 0.4) is 0 Å². The minimum Gasteiger partial charge on any atom is -0.326 e. The Labute approximate surface area is 95.7 Å². The summed E-state index contributed by atoms with van der Waals surface area (Å²) in [6.45, 7) is 8.21. The van der Waals surface area contributed by atoms with Crippen LogP contribution in [0.4, 0.5) is 0 Å². The molecular formula is C13H19NSi. The molecule has 80 valence electrons. The number of rotatable bonds is 5. The first kappa shape index (κ1) is 12.2. The lowest BCUT2D eigenvalue weighted by atomic mass is 10.1. The molecule has 1 aromatic carbocycles. The zero-order valence-electron chi connectivity index (χ0n) is 9.83. The second-order valence-electron chi connectivity index (χ2n) is 3.99. The molecule has 1 aromatic rings. The van der Waals surface area contributed by atoms with Gasteiger partial charge in [0.1, 0.15) is 9.68 Å². The lowest BCUT2D eigenvalue weighted by molar-refractivity contribution is 0.440. The van der Waals surface area contributed by atoms with E-state index < -0.39 is 0 Å². The van der Waals surface area contributed by atoms with E-state index in [2.05, 4.69) is 56.3 Å². The second-order valence-corrected chi connectivity index (χ2v) is 5.36. The van der Waals surface area contributed by atoms with Gasteiger partial charge in [-0.15, -0.1) is 0 Å². The standard InChI is InChI=1S/C13H19NSi/c1-5-12-6-8-13(9-7-12)10-15-14(4)11(2)3/h5-9,11H,1,10H2,2-4H3. The largest absolute Gasteiger partial charge is 0.326 e. The molecule has 0 unspecified atom stereocenters. The van der Waals surface area contributed by atoms with E-state index in [0.717, 1.165) is 15.7 Å². The van der Waals surface area contributed by atoms with Crippen LogP contribution in [-0.4, -0.2) is 27.3 Å². The molecule has 1 nitrogen and oxygen atoms in total. The zero-order chi connectivity index (χ0) is 11.3. The van der Waals surface area contributed by atoms with Gasteiger partial charge in [0.2, 0.25) is 0 Å². The highest BCUT2D eigenvalue weighted by Crippen LogP contribution is 2.06. The van der Waals surface area contributed by atoms with Crippen molar-refractivity contribution >= 4 is 15.8 Å². The molecule has 0 aliphatic heterocycles. The first-order valence-corrected chi connectivity index (χ1v) is 6.46. The van der Waals surface area contributed by atoms with Gasteiger partial charge < -0.3 is 4.57 Å². The van der Waals surface area contributed by atoms with Crippen LogP contribution in [0.2, 0.25) is 0 Å². The van der Waals surface area contributed by atoms with E-state index in [0.29, 0.717) is 6.04 Å². The molecule has 1 rings (SSSR count). The Hall–Kier alpha value is -0.863. The highest BCUT2D eigenvalue weighted by molar-refractivity contribution is 6.31. The van der Waals surface area contributed by atoms with Crippen LogP contribution in [0.1, 0.15) is 25.0 Å². The molecule has 0 heterocycles. The maximum atomic E-state index is 3.75. The first-order chi connectivity index (χ1) is 7.13. The molecule has 2 heteroatoms. The summed E-state index contributed by atoms with van der Waals surface area (Å²) >= 11 is 0. The fraction of sp³-hybridized carbons (Fsp3) is 0.385. The fourth-order valence-electron chi connectivity index (χ4n) is 1.17. The van der Waals surface area contributed by atoms with Crippen LogP contribution in [0.25, 0.3) is 6.08 Å². The van der Waals surface area contributed by atoms with Crippen LogP contribution in [-0.2, 0) is 6.04 Å². The minimum absolute atomic E-state index is 0.635. The van der Waals surface area contributed by atoms with Gasteiger partial charge in [-0.05, 0) is 30.3 Å². The molecule has 2 radical (unpaired) electrons. The average Bonchev–Trinajstić information content (AvgIpc) is 2.26. The highest BCUT2D eigenvalue weighted by Gasteiger charge is 2.04. The van der Waals surface area contributed by atoms with Gasteiger partial charge in [-0.2, -0.15) is 0 Å². The Kier molecular flexibility index (Phi) is 4.79. The van der Waals surface area contributed by atoms with Gasteiger partial charge in [-0.3, -0.25) is 0 Å². The molecule has 0 atom stereocenters. The Morgan fingerprint density at radius 3 is 2.40 bits per heavy atom. The maximum Gasteiger partial charge on any atom is 0.146 e. The van der Waals surface area contributed by atoms with Crippen molar-refractivity contribution in [3.05, 3.63) is 42.0 Å². The molecule has 0 saturated heterocycles. The smallest absolute Gasteiger partial charge is 0.146 e. The van der Waals surface area contributed by atoms with Crippen molar-refractivity contribution in [2.24, 2.45) is 0 Å². The SMILES string of the molecule is C=Cc1ccc(C[Si]N(C)C(C)C)cc1. The Balaban J connectivity index is 2.47. The van der Waals surface area contributed by atoms with E-state index in [4.69, 9.17) is 0 Å². The van der Waals surface area contributed by atoms with Crippen molar-refractivity contribution in [2.45, 2.75) is 25.9 Å². The minimum atomic E-state index is 0.635. The van der Waals surface area contributed by atoms with Crippen LogP contribution in [0.15, 0.2) is 30.8 Å². The summed E-state index contributed by atoms with van der Waals surface area (Å²) < 4.78 is 2.39. The lowest BCUT2D eigenvalue weighted by Gasteiger charge is -2.19. The number of hydrogen-bond donors (Lipinski definition) is 0. The van der Waals surface area contributed by atoms with Gasteiger partial charge in [0.15, 0.2) is 0 Å². The monoisotopic (exact) mass is 217 g/mol. The molecule has 0 spiro atoms.